The molecule has 10 nitrogen and oxygen atoms in total. The first-order chi connectivity index (χ1) is 17.0. The number of nitrogens with one attached hydrogen (secondary N) is 1. The van der Waals surface area contributed by atoms with Crippen LogP contribution in [0.5, 0.6) is 11.5 Å². The van der Waals surface area contributed by atoms with Crippen molar-refractivity contribution in [2.24, 2.45) is 0 Å². The van der Waals surface area contributed by atoms with Crippen molar-refractivity contribution < 1.29 is 19.2 Å². The van der Waals surface area contributed by atoms with Crippen molar-refractivity contribution in [3.63, 3.8) is 0 Å². The largest absolute Gasteiger partial charge is 0.497 e. The number of benzene rings is 2. The van der Waals surface area contributed by atoms with Gasteiger partial charge < -0.3 is 14.8 Å². The van der Waals surface area contributed by atoms with Crippen molar-refractivity contribution in [1.82, 2.24) is 14.8 Å². The van der Waals surface area contributed by atoms with Gasteiger partial charge in [0.25, 0.3) is 5.69 Å². The highest BCUT2D eigenvalue weighted by atomic mass is 32.2. The Kier molecular flexibility index (Phi) is 7.86. The van der Waals surface area contributed by atoms with Gasteiger partial charge in [0.05, 0.1) is 36.6 Å². The van der Waals surface area contributed by atoms with Gasteiger partial charge in [-0.1, -0.05) is 31.0 Å². The molecule has 184 valence electrons. The lowest BCUT2D eigenvalue weighted by atomic mass is 9.95. The first-order valence-corrected chi connectivity index (χ1v) is 12.3. The van der Waals surface area contributed by atoms with Crippen LogP contribution >= 0.6 is 11.8 Å². The number of carbonyl (C=O) groups is 1. The number of ether oxygens (including phenoxy) is 2. The van der Waals surface area contributed by atoms with Crippen LogP contribution in [0.25, 0.3) is 11.4 Å². The van der Waals surface area contributed by atoms with E-state index in [1.807, 2.05) is 24.3 Å². The number of rotatable bonds is 9. The number of hydrogen-bond acceptors (Lipinski definition) is 8. The van der Waals surface area contributed by atoms with E-state index >= 15 is 0 Å². The molecule has 1 N–H and O–H groups in total. The summed E-state index contributed by atoms with van der Waals surface area (Å²) in [6.07, 6.45) is 5.60. The predicted molar refractivity (Wildman–Crippen MR) is 133 cm³/mol. The second-order valence-corrected chi connectivity index (χ2v) is 9.12. The first kappa shape index (κ1) is 24.5. The van der Waals surface area contributed by atoms with Crippen molar-refractivity contribution in [2.45, 2.75) is 43.3 Å². The standard InChI is InChI=1S/C24H27N5O5S/c1-33-19-11-8-16(9-12-19)23-26-27-24(28(23)17-6-4-3-5-7-17)35-15-22(30)25-20-13-10-18(29(31)32)14-21(20)34-2/h8-14,17H,3-7,15H2,1-2H3,(H,25,30). The van der Waals surface area contributed by atoms with E-state index in [4.69, 9.17) is 9.47 Å². The highest BCUT2D eigenvalue weighted by Gasteiger charge is 2.24. The number of anilines is 1. The average Bonchev–Trinajstić information content (AvgIpc) is 3.32. The second kappa shape index (κ2) is 11.2. The third-order valence-corrected chi connectivity index (χ3v) is 6.90. The average molecular weight is 498 g/mol. The molecule has 4 rings (SSSR count). The quantitative estimate of drug-likeness (QED) is 0.246. The summed E-state index contributed by atoms with van der Waals surface area (Å²) in [5, 5.41) is 23.3. The molecule has 3 aromatic rings. The molecule has 1 heterocycles. The highest BCUT2D eigenvalue weighted by Crippen LogP contribution is 2.36. The number of methoxy groups -OCH3 is 2. The molecule has 0 spiro atoms. The molecule has 0 aliphatic heterocycles. The number of hydrogen-bond donors (Lipinski definition) is 1. The van der Waals surface area contributed by atoms with E-state index in [-0.39, 0.29) is 29.1 Å². The van der Waals surface area contributed by atoms with Crippen LogP contribution in [-0.2, 0) is 4.79 Å². The van der Waals surface area contributed by atoms with Gasteiger partial charge in [-0.2, -0.15) is 0 Å². The van der Waals surface area contributed by atoms with E-state index in [1.165, 1.54) is 43.5 Å². The summed E-state index contributed by atoms with van der Waals surface area (Å²) < 4.78 is 12.6. The summed E-state index contributed by atoms with van der Waals surface area (Å²) in [5.74, 6) is 1.61. The number of nitrogens with zero attached hydrogens (tertiary/aromatic N) is 4. The van der Waals surface area contributed by atoms with Gasteiger partial charge >= 0.3 is 0 Å². The van der Waals surface area contributed by atoms with Crippen LogP contribution in [0.1, 0.15) is 38.1 Å². The number of nitro benzene ring substituents is 1. The molecule has 35 heavy (non-hydrogen) atoms. The molecule has 0 saturated heterocycles. The molecule has 1 aromatic heterocycles. The highest BCUT2D eigenvalue weighted by molar-refractivity contribution is 7.99. The number of nitro groups is 1. The van der Waals surface area contributed by atoms with Crippen molar-refractivity contribution in [2.75, 3.05) is 25.3 Å². The Labute approximate surface area is 207 Å². The molecule has 0 unspecified atom stereocenters. The van der Waals surface area contributed by atoms with E-state index in [9.17, 15) is 14.9 Å². The second-order valence-electron chi connectivity index (χ2n) is 8.18. The number of amides is 1. The lowest BCUT2D eigenvalue weighted by Gasteiger charge is -2.25. The number of aromatic nitrogens is 3. The van der Waals surface area contributed by atoms with Gasteiger partial charge in [0.15, 0.2) is 11.0 Å². The van der Waals surface area contributed by atoms with Crippen LogP contribution in [0.4, 0.5) is 11.4 Å². The fourth-order valence-electron chi connectivity index (χ4n) is 4.19. The molecule has 1 aliphatic rings. The zero-order valence-corrected chi connectivity index (χ0v) is 20.4. The number of carbonyl (C=O) groups excluding carboxylic acids is 1. The van der Waals surface area contributed by atoms with Crippen molar-refractivity contribution in [3.05, 3.63) is 52.6 Å². The molecule has 11 heteroatoms. The van der Waals surface area contributed by atoms with Crippen molar-refractivity contribution in [3.8, 4) is 22.9 Å². The van der Waals surface area contributed by atoms with Gasteiger partial charge in [-0.05, 0) is 43.2 Å². The Hall–Kier alpha value is -3.60. The van der Waals surface area contributed by atoms with Gasteiger partial charge in [-0.25, -0.2) is 0 Å². The van der Waals surface area contributed by atoms with Gasteiger partial charge in [0.2, 0.25) is 5.91 Å². The van der Waals surface area contributed by atoms with Gasteiger partial charge in [-0.15, -0.1) is 10.2 Å². The Bertz CT molecular complexity index is 1190. The minimum Gasteiger partial charge on any atom is -0.497 e. The number of thioether (sulfide) groups is 1. The van der Waals surface area contributed by atoms with Crippen LogP contribution in [0, 0.1) is 10.1 Å². The SMILES string of the molecule is COc1ccc(-c2nnc(SCC(=O)Nc3ccc([N+](=O)[O-])cc3OC)n2C2CCCCC2)cc1. The van der Waals surface area contributed by atoms with E-state index < -0.39 is 4.92 Å². The smallest absolute Gasteiger partial charge is 0.273 e. The Morgan fingerprint density at radius 2 is 1.86 bits per heavy atom. The predicted octanol–water partition coefficient (Wildman–Crippen LogP) is 5.11. The third-order valence-electron chi connectivity index (χ3n) is 5.95. The summed E-state index contributed by atoms with van der Waals surface area (Å²) >= 11 is 1.32. The molecular weight excluding hydrogens is 470 g/mol. The zero-order valence-electron chi connectivity index (χ0n) is 19.6. The van der Waals surface area contributed by atoms with E-state index in [0.717, 1.165) is 42.8 Å². The Morgan fingerprint density at radius 3 is 2.51 bits per heavy atom. The van der Waals surface area contributed by atoms with Crippen LogP contribution in [0.3, 0.4) is 0 Å². The van der Waals surface area contributed by atoms with Crippen LogP contribution < -0.4 is 14.8 Å². The van der Waals surface area contributed by atoms with Crippen LogP contribution in [0.15, 0.2) is 47.6 Å². The molecule has 0 atom stereocenters. The molecule has 0 radical (unpaired) electrons. The molecule has 0 bridgehead atoms. The summed E-state index contributed by atoms with van der Waals surface area (Å²) in [4.78, 5) is 23.2. The summed E-state index contributed by atoms with van der Waals surface area (Å²) in [5.41, 5.74) is 1.20. The van der Waals surface area contributed by atoms with E-state index in [1.54, 1.807) is 7.11 Å². The monoisotopic (exact) mass is 497 g/mol. The summed E-state index contributed by atoms with van der Waals surface area (Å²) in [7, 11) is 3.03. The fourth-order valence-corrected chi connectivity index (χ4v) is 5.00. The minimum atomic E-state index is -0.511. The summed E-state index contributed by atoms with van der Waals surface area (Å²) in [6, 6.07) is 12.1. The zero-order chi connectivity index (χ0) is 24.8. The van der Waals surface area contributed by atoms with E-state index in [0.29, 0.717) is 10.8 Å². The molecule has 1 saturated carbocycles. The first-order valence-electron chi connectivity index (χ1n) is 11.3. The van der Waals surface area contributed by atoms with Gasteiger partial charge in [0, 0.05) is 17.7 Å². The van der Waals surface area contributed by atoms with Gasteiger partial charge in [0.1, 0.15) is 11.5 Å². The van der Waals surface area contributed by atoms with Crippen molar-refractivity contribution in [1.29, 1.82) is 0 Å². The fraction of sp³-hybridized carbons (Fsp3) is 0.375. The summed E-state index contributed by atoms with van der Waals surface area (Å²) in [6.45, 7) is 0. The maximum absolute atomic E-state index is 12.7. The topological polar surface area (TPSA) is 121 Å². The Morgan fingerprint density at radius 1 is 1.11 bits per heavy atom. The molecular formula is C24H27N5O5S. The van der Waals surface area contributed by atoms with Crippen LogP contribution in [-0.4, -0.2) is 45.6 Å². The minimum absolute atomic E-state index is 0.105. The van der Waals surface area contributed by atoms with Crippen molar-refractivity contribution >= 4 is 29.0 Å². The lowest BCUT2D eigenvalue weighted by molar-refractivity contribution is -0.384. The van der Waals surface area contributed by atoms with E-state index in [2.05, 4.69) is 20.1 Å². The third kappa shape index (κ3) is 5.73. The Balaban J connectivity index is 1.52. The maximum atomic E-state index is 12.7. The molecule has 1 fully saturated rings. The van der Waals surface area contributed by atoms with Gasteiger partial charge in [-0.3, -0.25) is 19.5 Å². The normalized spacial score (nSPS) is 13.9. The lowest BCUT2D eigenvalue weighted by Crippen LogP contribution is -2.17. The molecule has 1 aliphatic carbocycles. The van der Waals surface area contributed by atoms with Crippen LogP contribution in [0.2, 0.25) is 0 Å². The number of non-ortho nitro benzene ring substituents is 1. The molecule has 1 amide bonds. The molecule has 2 aromatic carbocycles. The maximum Gasteiger partial charge on any atom is 0.273 e.